The molecule has 0 spiro atoms. The van der Waals surface area contributed by atoms with Crippen LogP contribution in [0.2, 0.25) is 0 Å². The van der Waals surface area contributed by atoms with Gasteiger partial charge in [0.15, 0.2) is 0 Å². The third-order valence-electron chi connectivity index (χ3n) is 3.38. The molecule has 0 heterocycles. The van der Waals surface area contributed by atoms with Crippen LogP contribution in [0.1, 0.15) is 29.8 Å². The maximum atomic E-state index is 12.7. The van der Waals surface area contributed by atoms with Gasteiger partial charge < -0.3 is 10.3 Å². The number of carbonyl (C=O) groups excluding carboxylic acids is 1. The normalized spacial score (nSPS) is 10.5. The number of hydrazine groups is 1. The number of nitrogens with two attached hydrogens (primary N) is 1. The lowest BCUT2D eigenvalue weighted by Gasteiger charge is -2.27. The van der Waals surface area contributed by atoms with Crippen molar-refractivity contribution in [3.8, 4) is 0 Å². The number of nitrogens with zero attached hydrogens (tertiary/aromatic N) is 1. The molecule has 0 fully saturated rings. The number of benzene rings is 2. The molecule has 4 nitrogen and oxygen atoms in total. The van der Waals surface area contributed by atoms with Crippen molar-refractivity contribution in [3.63, 3.8) is 0 Å². The van der Waals surface area contributed by atoms with Crippen molar-refractivity contribution in [2.24, 2.45) is 5.84 Å². The highest BCUT2D eigenvalue weighted by Gasteiger charge is 2.18. The molecule has 2 rings (SSSR count). The van der Waals surface area contributed by atoms with Crippen LogP contribution in [0.25, 0.3) is 0 Å². The maximum Gasteiger partial charge on any atom is 0.254 e. The molecule has 21 heavy (non-hydrogen) atoms. The zero-order valence-electron chi connectivity index (χ0n) is 12.4. The second-order valence-electron chi connectivity index (χ2n) is 5.23. The van der Waals surface area contributed by atoms with Crippen molar-refractivity contribution >= 4 is 11.6 Å². The van der Waals surface area contributed by atoms with Gasteiger partial charge in [0, 0.05) is 23.8 Å². The van der Waals surface area contributed by atoms with E-state index in [9.17, 15) is 4.79 Å². The van der Waals surface area contributed by atoms with E-state index in [1.165, 1.54) is 0 Å². The van der Waals surface area contributed by atoms with E-state index in [0.29, 0.717) is 12.1 Å². The first kappa shape index (κ1) is 15.1. The first-order valence-corrected chi connectivity index (χ1v) is 7.03. The van der Waals surface area contributed by atoms with Crippen LogP contribution in [0.3, 0.4) is 0 Å². The molecule has 0 aliphatic heterocycles. The highest BCUT2D eigenvalue weighted by Crippen LogP contribution is 2.15. The summed E-state index contributed by atoms with van der Waals surface area (Å²) >= 11 is 0. The number of nitrogen functional groups attached to an aromatic ring is 1. The third kappa shape index (κ3) is 3.83. The molecule has 0 aromatic heterocycles. The molecule has 110 valence electrons. The van der Waals surface area contributed by atoms with E-state index in [-0.39, 0.29) is 11.9 Å². The van der Waals surface area contributed by atoms with Gasteiger partial charge in [0.2, 0.25) is 0 Å². The molecule has 0 radical (unpaired) electrons. The second kappa shape index (κ2) is 6.90. The summed E-state index contributed by atoms with van der Waals surface area (Å²) in [7, 11) is 0. The molecule has 0 aliphatic rings. The zero-order chi connectivity index (χ0) is 15.2. The highest BCUT2D eigenvalue weighted by molar-refractivity contribution is 5.94. The Bertz CT molecular complexity index is 579. The van der Waals surface area contributed by atoms with Gasteiger partial charge in [-0.05, 0) is 43.7 Å². The number of anilines is 1. The summed E-state index contributed by atoms with van der Waals surface area (Å²) in [6.07, 6.45) is 0. The van der Waals surface area contributed by atoms with Gasteiger partial charge in [0.25, 0.3) is 5.91 Å². The molecule has 4 heteroatoms. The topological polar surface area (TPSA) is 58.4 Å². The monoisotopic (exact) mass is 283 g/mol. The maximum absolute atomic E-state index is 12.7. The van der Waals surface area contributed by atoms with Crippen LogP contribution in [0.4, 0.5) is 5.69 Å². The molecule has 0 bridgehead atoms. The van der Waals surface area contributed by atoms with Gasteiger partial charge in [-0.2, -0.15) is 0 Å². The molecular formula is C17H21N3O. The third-order valence-corrected chi connectivity index (χ3v) is 3.38. The van der Waals surface area contributed by atoms with Crippen LogP contribution in [0.5, 0.6) is 0 Å². The molecule has 2 aromatic carbocycles. The predicted octanol–water partition coefficient (Wildman–Crippen LogP) is 3.02. The Balaban J connectivity index is 2.18. The van der Waals surface area contributed by atoms with E-state index in [4.69, 9.17) is 5.84 Å². The van der Waals surface area contributed by atoms with Crippen molar-refractivity contribution in [2.45, 2.75) is 26.4 Å². The predicted molar refractivity (Wildman–Crippen MR) is 85.7 cm³/mol. The average molecular weight is 283 g/mol. The van der Waals surface area contributed by atoms with E-state index >= 15 is 0 Å². The molecule has 0 unspecified atom stereocenters. The van der Waals surface area contributed by atoms with Crippen molar-refractivity contribution < 1.29 is 4.79 Å². The van der Waals surface area contributed by atoms with Crippen LogP contribution in [0.15, 0.2) is 54.6 Å². The Labute approximate surface area is 125 Å². The summed E-state index contributed by atoms with van der Waals surface area (Å²) in [5, 5.41) is 0. The van der Waals surface area contributed by atoms with Gasteiger partial charge in [0.1, 0.15) is 0 Å². The summed E-state index contributed by atoms with van der Waals surface area (Å²) in [6, 6.07) is 17.3. The summed E-state index contributed by atoms with van der Waals surface area (Å²) in [5.41, 5.74) is 5.13. The molecule has 1 amide bonds. The number of carbonyl (C=O) groups is 1. The van der Waals surface area contributed by atoms with Gasteiger partial charge in [0.05, 0.1) is 0 Å². The van der Waals surface area contributed by atoms with Crippen LogP contribution in [-0.4, -0.2) is 16.8 Å². The standard InChI is InChI=1S/C17H21N3O/c1-13(2)20(12-14-6-4-3-5-7-14)17(21)15-8-10-16(19-18)11-9-15/h3-11,13,19H,12,18H2,1-2H3. The summed E-state index contributed by atoms with van der Waals surface area (Å²) < 4.78 is 0. The van der Waals surface area contributed by atoms with Crippen molar-refractivity contribution in [2.75, 3.05) is 5.43 Å². The number of amides is 1. The van der Waals surface area contributed by atoms with E-state index in [1.807, 2.05) is 49.1 Å². The van der Waals surface area contributed by atoms with E-state index in [1.54, 1.807) is 24.3 Å². The molecule has 3 N–H and O–H groups in total. The van der Waals surface area contributed by atoms with Crippen molar-refractivity contribution in [1.29, 1.82) is 0 Å². The SMILES string of the molecule is CC(C)N(Cc1ccccc1)C(=O)c1ccc(NN)cc1. The minimum absolute atomic E-state index is 0.0254. The van der Waals surface area contributed by atoms with Gasteiger partial charge in [-0.15, -0.1) is 0 Å². The second-order valence-corrected chi connectivity index (χ2v) is 5.23. The lowest BCUT2D eigenvalue weighted by atomic mass is 10.1. The largest absolute Gasteiger partial charge is 0.332 e. The number of hydrogen-bond acceptors (Lipinski definition) is 3. The van der Waals surface area contributed by atoms with Crippen molar-refractivity contribution in [1.82, 2.24) is 4.90 Å². The van der Waals surface area contributed by atoms with Gasteiger partial charge >= 0.3 is 0 Å². The zero-order valence-corrected chi connectivity index (χ0v) is 12.4. The van der Waals surface area contributed by atoms with E-state index in [0.717, 1.165) is 11.3 Å². The molecule has 2 aromatic rings. The molecule has 0 aliphatic carbocycles. The smallest absolute Gasteiger partial charge is 0.254 e. The lowest BCUT2D eigenvalue weighted by molar-refractivity contribution is 0.0690. The Kier molecular flexibility index (Phi) is 4.95. The molecule has 0 saturated heterocycles. The lowest BCUT2D eigenvalue weighted by Crippen LogP contribution is -2.36. The van der Waals surface area contributed by atoms with Crippen LogP contribution in [0, 0.1) is 0 Å². The van der Waals surface area contributed by atoms with Gasteiger partial charge in [-0.3, -0.25) is 10.6 Å². The van der Waals surface area contributed by atoms with Crippen molar-refractivity contribution in [3.05, 3.63) is 65.7 Å². The summed E-state index contributed by atoms with van der Waals surface area (Å²) in [6.45, 7) is 4.65. The number of rotatable bonds is 5. The molecule has 0 saturated carbocycles. The number of hydrogen-bond donors (Lipinski definition) is 2. The molecular weight excluding hydrogens is 262 g/mol. The fourth-order valence-corrected chi connectivity index (χ4v) is 2.14. The van der Waals surface area contributed by atoms with Crippen LogP contribution >= 0.6 is 0 Å². The fourth-order valence-electron chi connectivity index (χ4n) is 2.14. The quantitative estimate of drug-likeness (QED) is 0.655. The minimum atomic E-state index is 0.0254. The molecule has 0 atom stereocenters. The fraction of sp³-hybridized carbons (Fsp3) is 0.235. The van der Waals surface area contributed by atoms with E-state index < -0.39 is 0 Å². The first-order chi connectivity index (χ1) is 10.1. The Morgan fingerprint density at radius 2 is 1.71 bits per heavy atom. The Morgan fingerprint density at radius 1 is 1.10 bits per heavy atom. The Morgan fingerprint density at radius 3 is 2.24 bits per heavy atom. The minimum Gasteiger partial charge on any atom is -0.332 e. The first-order valence-electron chi connectivity index (χ1n) is 7.03. The van der Waals surface area contributed by atoms with Gasteiger partial charge in [-0.25, -0.2) is 0 Å². The average Bonchev–Trinajstić information content (AvgIpc) is 2.53. The van der Waals surface area contributed by atoms with Crippen LogP contribution < -0.4 is 11.3 Å². The highest BCUT2D eigenvalue weighted by atomic mass is 16.2. The summed E-state index contributed by atoms with van der Waals surface area (Å²) in [4.78, 5) is 14.5. The summed E-state index contributed by atoms with van der Waals surface area (Å²) in [5.74, 6) is 5.37. The number of nitrogens with one attached hydrogen (secondary N) is 1. The van der Waals surface area contributed by atoms with Crippen LogP contribution in [-0.2, 0) is 6.54 Å². The Hall–Kier alpha value is -2.33. The van der Waals surface area contributed by atoms with Gasteiger partial charge in [-0.1, -0.05) is 30.3 Å². The van der Waals surface area contributed by atoms with E-state index in [2.05, 4.69) is 5.43 Å².